The fraction of sp³-hybridized carbons (Fsp3) is 0.400. The highest BCUT2D eigenvalue weighted by Gasteiger charge is 2.33. The first-order valence-electron chi connectivity index (χ1n) is 6.82. The molecule has 21 heavy (non-hydrogen) atoms. The van der Waals surface area contributed by atoms with Crippen LogP contribution in [0.1, 0.15) is 11.6 Å². The van der Waals surface area contributed by atoms with Crippen molar-refractivity contribution >= 4 is 11.8 Å². The Bertz CT molecular complexity index is 553. The van der Waals surface area contributed by atoms with Gasteiger partial charge in [0.05, 0.1) is 12.1 Å². The minimum atomic E-state index is -0.720. The molecule has 0 aromatic heterocycles. The number of likely N-dealkylation sites (N-methyl/N-ethyl adjacent to an activating group) is 1. The standard InChI is InChI=1S/C15H18N4O2/c1-18-9-10-19(15(21)14(20)17-8-7-16)13(11-18)12-5-3-2-4-6-12/h2-6,13H,8-11H2,1H3,(H,17,20). The molecular weight excluding hydrogens is 268 g/mol. The molecule has 2 amide bonds. The Kier molecular flexibility index (Phi) is 4.90. The van der Waals surface area contributed by atoms with Gasteiger partial charge in [-0.25, -0.2) is 0 Å². The van der Waals surface area contributed by atoms with Crippen LogP contribution in [0, 0.1) is 11.3 Å². The van der Waals surface area contributed by atoms with Crippen molar-refractivity contribution in [2.45, 2.75) is 6.04 Å². The molecule has 6 nitrogen and oxygen atoms in total. The molecule has 1 saturated heterocycles. The summed E-state index contributed by atoms with van der Waals surface area (Å²) in [7, 11) is 1.99. The predicted octanol–water partition coefficient (Wildman–Crippen LogP) is 0.141. The third kappa shape index (κ3) is 3.58. The van der Waals surface area contributed by atoms with Crippen molar-refractivity contribution in [1.29, 1.82) is 5.26 Å². The van der Waals surface area contributed by atoms with Crippen molar-refractivity contribution in [3.05, 3.63) is 35.9 Å². The minimum absolute atomic E-state index is 0.148. The van der Waals surface area contributed by atoms with Crippen LogP contribution >= 0.6 is 0 Å². The van der Waals surface area contributed by atoms with E-state index in [0.717, 1.165) is 12.1 Å². The van der Waals surface area contributed by atoms with Gasteiger partial charge in [-0.1, -0.05) is 30.3 Å². The quantitative estimate of drug-likeness (QED) is 0.620. The maximum atomic E-state index is 12.3. The SMILES string of the molecule is CN1CCN(C(=O)C(=O)NCC#N)C(c2ccccc2)C1. The number of piperazine rings is 1. The van der Waals surface area contributed by atoms with E-state index < -0.39 is 11.8 Å². The average molecular weight is 286 g/mol. The van der Waals surface area contributed by atoms with E-state index in [2.05, 4.69) is 10.2 Å². The van der Waals surface area contributed by atoms with Crippen LogP contribution in [0.15, 0.2) is 30.3 Å². The zero-order valence-electron chi connectivity index (χ0n) is 12.0. The molecule has 1 aliphatic rings. The first kappa shape index (κ1) is 15.0. The summed E-state index contributed by atoms with van der Waals surface area (Å²) in [5.74, 6) is -1.30. The second-order valence-corrected chi connectivity index (χ2v) is 5.03. The zero-order valence-corrected chi connectivity index (χ0v) is 12.0. The molecule has 0 spiro atoms. The first-order chi connectivity index (χ1) is 10.1. The van der Waals surface area contributed by atoms with Crippen molar-refractivity contribution < 1.29 is 9.59 Å². The number of hydrogen-bond acceptors (Lipinski definition) is 4. The van der Waals surface area contributed by atoms with E-state index in [1.54, 1.807) is 11.0 Å². The van der Waals surface area contributed by atoms with Crippen LogP contribution in [0.5, 0.6) is 0 Å². The molecule has 0 bridgehead atoms. The monoisotopic (exact) mass is 286 g/mol. The van der Waals surface area contributed by atoms with Crippen molar-refractivity contribution in [3.63, 3.8) is 0 Å². The molecular formula is C15H18N4O2. The molecule has 0 aliphatic carbocycles. The van der Waals surface area contributed by atoms with Gasteiger partial charge in [0.1, 0.15) is 6.54 Å². The van der Waals surface area contributed by atoms with Crippen LogP contribution in [-0.2, 0) is 9.59 Å². The van der Waals surface area contributed by atoms with E-state index in [1.165, 1.54) is 0 Å². The number of benzene rings is 1. The van der Waals surface area contributed by atoms with Gasteiger partial charge in [0.15, 0.2) is 0 Å². The summed E-state index contributed by atoms with van der Waals surface area (Å²) in [5, 5.41) is 10.8. The number of amides is 2. The number of carbonyl (C=O) groups excluding carboxylic acids is 2. The third-order valence-corrected chi connectivity index (χ3v) is 3.55. The Morgan fingerprint density at radius 3 is 2.71 bits per heavy atom. The summed E-state index contributed by atoms with van der Waals surface area (Å²) in [5.41, 5.74) is 1.01. The second kappa shape index (κ2) is 6.86. The van der Waals surface area contributed by atoms with E-state index in [1.807, 2.05) is 37.4 Å². The summed E-state index contributed by atoms with van der Waals surface area (Å²) in [4.78, 5) is 27.8. The lowest BCUT2D eigenvalue weighted by Gasteiger charge is -2.39. The van der Waals surface area contributed by atoms with Crippen molar-refractivity contribution in [1.82, 2.24) is 15.1 Å². The Morgan fingerprint density at radius 1 is 1.33 bits per heavy atom. The van der Waals surface area contributed by atoms with Crippen molar-refractivity contribution in [2.24, 2.45) is 0 Å². The van der Waals surface area contributed by atoms with Crippen molar-refractivity contribution in [3.8, 4) is 6.07 Å². The highest BCUT2D eigenvalue weighted by molar-refractivity contribution is 6.35. The number of rotatable bonds is 2. The van der Waals surface area contributed by atoms with E-state index in [0.29, 0.717) is 13.1 Å². The number of nitrogens with one attached hydrogen (secondary N) is 1. The topological polar surface area (TPSA) is 76.4 Å². The molecule has 110 valence electrons. The zero-order chi connectivity index (χ0) is 15.2. The van der Waals surface area contributed by atoms with Crippen LogP contribution in [0.4, 0.5) is 0 Å². The Morgan fingerprint density at radius 2 is 2.05 bits per heavy atom. The Balaban J connectivity index is 2.17. The van der Waals surface area contributed by atoms with Gasteiger partial charge >= 0.3 is 11.8 Å². The van der Waals surface area contributed by atoms with Crippen LogP contribution < -0.4 is 5.32 Å². The van der Waals surface area contributed by atoms with Gasteiger partial charge in [0.2, 0.25) is 0 Å². The van der Waals surface area contributed by atoms with E-state index in [4.69, 9.17) is 5.26 Å². The molecule has 0 saturated carbocycles. The van der Waals surface area contributed by atoms with Gasteiger partial charge in [0, 0.05) is 19.6 Å². The minimum Gasteiger partial charge on any atom is -0.335 e. The van der Waals surface area contributed by atoms with Crippen LogP contribution in [0.2, 0.25) is 0 Å². The van der Waals surface area contributed by atoms with Gasteiger partial charge in [-0.3, -0.25) is 9.59 Å². The fourth-order valence-electron chi connectivity index (χ4n) is 2.45. The highest BCUT2D eigenvalue weighted by atomic mass is 16.2. The molecule has 1 aromatic rings. The number of hydrogen-bond donors (Lipinski definition) is 1. The lowest BCUT2D eigenvalue weighted by atomic mass is 10.0. The number of nitrogens with zero attached hydrogens (tertiary/aromatic N) is 3. The Hall–Kier alpha value is -2.39. The summed E-state index contributed by atoms with van der Waals surface area (Å²) >= 11 is 0. The molecule has 1 unspecified atom stereocenters. The molecule has 1 aromatic carbocycles. The van der Waals surface area contributed by atoms with Gasteiger partial charge in [-0.05, 0) is 12.6 Å². The maximum Gasteiger partial charge on any atom is 0.312 e. The normalized spacial score (nSPS) is 18.9. The van der Waals surface area contributed by atoms with Crippen LogP contribution in [0.3, 0.4) is 0 Å². The number of nitriles is 1. The molecule has 1 atom stereocenters. The smallest absolute Gasteiger partial charge is 0.312 e. The highest BCUT2D eigenvalue weighted by Crippen LogP contribution is 2.24. The second-order valence-electron chi connectivity index (χ2n) is 5.03. The van der Waals surface area contributed by atoms with E-state index in [9.17, 15) is 9.59 Å². The molecule has 0 radical (unpaired) electrons. The van der Waals surface area contributed by atoms with Gasteiger partial charge < -0.3 is 15.1 Å². The molecule has 1 N–H and O–H groups in total. The molecule has 2 rings (SSSR count). The summed E-state index contributed by atoms with van der Waals surface area (Å²) in [6, 6.07) is 11.3. The lowest BCUT2D eigenvalue weighted by Crippen LogP contribution is -2.53. The third-order valence-electron chi connectivity index (χ3n) is 3.55. The van der Waals surface area contributed by atoms with Crippen molar-refractivity contribution in [2.75, 3.05) is 33.2 Å². The van der Waals surface area contributed by atoms with Gasteiger partial charge in [0.25, 0.3) is 0 Å². The van der Waals surface area contributed by atoms with E-state index >= 15 is 0 Å². The van der Waals surface area contributed by atoms with Gasteiger partial charge in [-0.2, -0.15) is 5.26 Å². The lowest BCUT2D eigenvalue weighted by molar-refractivity contribution is -0.149. The molecule has 1 fully saturated rings. The van der Waals surface area contributed by atoms with Crippen LogP contribution in [-0.4, -0.2) is 54.8 Å². The largest absolute Gasteiger partial charge is 0.335 e. The van der Waals surface area contributed by atoms with E-state index in [-0.39, 0.29) is 12.6 Å². The maximum absolute atomic E-state index is 12.3. The first-order valence-corrected chi connectivity index (χ1v) is 6.82. The molecule has 1 heterocycles. The molecule has 6 heteroatoms. The summed E-state index contributed by atoms with van der Waals surface area (Å²) in [6.45, 7) is 1.74. The number of carbonyl (C=O) groups is 2. The average Bonchev–Trinajstić information content (AvgIpc) is 2.52. The summed E-state index contributed by atoms with van der Waals surface area (Å²) in [6.07, 6.45) is 0. The fourth-order valence-corrected chi connectivity index (χ4v) is 2.45. The van der Waals surface area contributed by atoms with Gasteiger partial charge in [-0.15, -0.1) is 0 Å². The molecule has 1 aliphatic heterocycles. The predicted molar refractivity (Wildman–Crippen MR) is 77.0 cm³/mol. The Labute approximate surface area is 123 Å². The van der Waals surface area contributed by atoms with Crippen LogP contribution in [0.25, 0.3) is 0 Å². The summed E-state index contributed by atoms with van der Waals surface area (Å²) < 4.78 is 0.